The van der Waals surface area contributed by atoms with Crippen molar-refractivity contribution in [2.24, 2.45) is 0 Å². The first-order valence-electron chi connectivity index (χ1n) is 6.57. The Kier molecular flexibility index (Phi) is 5.64. The molecular weight excluding hydrogens is 328 g/mol. The van der Waals surface area contributed by atoms with E-state index in [9.17, 15) is 8.42 Å². The highest BCUT2D eigenvalue weighted by Crippen LogP contribution is 2.23. The maximum atomic E-state index is 12.3. The van der Waals surface area contributed by atoms with Gasteiger partial charge in [0, 0.05) is 16.9 Å². The lowest BCUT2D eigenvalue weighted by atomic mass is 10.2. The van der Waals surface area contributed by atoms with Gasteiger partial charge in [-0.2, -0.15) is 11.3 Å². The number of nitrogens with one attached hydrogen (secondary N) is 2. The second-order valence-corrected chi connectivity index (χ2v) is 7.42. The van der Waals surface area contributed by atoms with E-state index in [4.69, 9.17) is 11.6 Å². The molecule has 2 aromatic rings. The summed E-state index contributed by atoms with van der Waals surface area (Å²) in [6.07, 6.45) is 1.01. The lowest BCUT2D eigenvalue weighted by Gasteiger charge is -2.10. The summed E-state index contributed by atoms with van der Waals surface area (Å²) in [6, 6.07) is 6.47. The minimum absolute atomic E-state index is 0.214. The van der Waals surface area contributed by atoms with Crippen LogP contribution in [0.15, 0.2) is 39.9 Å². The van der Waals surface area contributed by atoms with E-state index in [2.05, 4.69) is 17.0 Å². The summed E-state index contributed by atoms with van der Waals surface area (Å²) >= 11 is 7.55. The van der Waals surface area contributed by atoms with E-state index in [1.54, 1.807) is 23.6 Å². The van der Waals surface area contributed by atoms with E-state index in [-0.39, 0.29) is 4.90 Å². The van der Waals surface area contributed by atoms with Gasteiger partial charge in [-0.15, -0.1) is 0 Å². The summed E-state index contributed by atoms with van der Waals surface area (Å²) in [4.78, 5) is 0.214. The van der Waals surface area contributed by atoms with Crippen LogP contribution in [0.5, 0.6) is 0 Å². The van der Waals surface area contributed by atoms with Gasteiger partial charge in [0.1, 0.15) is 0 Å². The molecule has 0 unspecified atom stereocenters. The van der Waals surface area contributed by atoms with Crippen LogP contribution in [0.3, 0.4) is 0 Å². The zero-order valence-electron chi connectivity index (χ0n) is 11.6. The van der Waals surface area contributed by atoms with Gasteiger partial charge in [0.25, 0.3) is 10.0 Å². The second-order valence-electron chi connectivity index (χ2n) is 4.55. The van der Waals surface area contributed by atoms with Gasteiger partial charge in [-0.25, -0.2) is 8.42 Å². The first-order valence-corrected chi connectivity index (χ1v) is 9.37. The Labute approximate surface area is 134 Å². The molecule has 0 saturated heterocycles. The van der Waals surface area contributed by atoms with Gasteiger partial charge in [0.2, 0.25) is 0 Å². The van der Waals surface area contributed by atoms with E-state index in [1.807, 2.05) is 5.38 Å². The van der Waals surface area contributed by atoms with Crippen molar-refractivity contribution >= 4 is 38.6 Å². The summed E-state index contributed by atoms with van der Waals surface area (Å²) in [5, 5.41) is 7.35. The number of benzene rings is 1. The van der Waals surface area contributed by atoms with Crippen molar-refractivity contribution in [3.8, 4) is 0 Å². The summed E-state index contributed by atoms with van der Waals surface area (Å²) in [5.41, 5.74) is 1.35. The van der Waals surface area contributed by atoms with Crippen molar-refractivity contribution in [3.63, 3.8) is 0 Å². The Bertz CT molecular complexity index is 685. The van der Waals surface area contributed by atoms with Crippen molar-refractivity contribution in [1.29, 1.82) is 0 Å². The van der Waals surface area contributed by atoms with E-state index in [1.165, 1.54) is 17.4 Å². The highest BCUT2D eigenvalue weighted by atomic mass is 35.5. The van der Waals surface area contributed by atoms with Crippen LogP contribution in [0.4, 0.5) is 5.69 Å². The predicted molar refractivity (Wildman–Crippen MR) is 88.6 cm³/mol. The molecule has 0 saturated carbocycles. The first-order chi connectivity index (χ1) is 10.0. The third-order valence-electron chi connectivity index (χ3n) is 2.84. The fraction of sp³-hybridized carbons (Fsp3) is 0.286. The Morgan fingerprint density at radius 2 is 2.10 bits per heavy atom. The largest absolute Gasteiger partial charge is 0.313 e. The molecule has 1 aromatic carbocycles. The summed E-state index contributed by atoms with van der Waals surface area (Å²) in [6.45, 7) is 3.48. The van der Waals surface area contributed by atoms with Crippen LogP contribution < -0.4 is 10.0 Å². The number of thiophene rings is 1. The molecule has 0 amide bonds. The summed E-state index contributed by atoms with van der Waals surface area (Å²) in [5.74, 6) is 0. The molecule has 0 radical (unpaired) electrons. The highest BCUT2D eigenvalue weighted by molar-refractivity contribution is 7.92. The molecule has 1 aromatic heterocycles. The maximum absolute atomic E-state index is 12.3. The summed E-state index contributed by atoms with van der Waals surface area (Å²) in [7, 11) is -3.58. The quantitative estimate of drug-likeness (QED) is 0.753. The van der Waals surface area contributed by atoms with Gasteiger partial charge in [-0.1, -0.05) is 18.5 Å². The lowest BCUT2D eigenvalue weighted by Crippen LogP contribution is -2.16. The number of hydrogen-bond acceptors (Lipinski definition) is 4. The molecule has 21 heavy (non-hydrogen) atoms. The maximum Gasteiger partial charge on any atom is 0.261 e. The molecule has 0 bridgehead atoms. The Hall–Kier alpha value is -1.08. The molecule has 0 aliphatic carbocycles. The standard InChI is InChI=1S/C14H17ClN2O2S2/c1-2-6-16-9-11-8-13(3-4-14(11)15)21(18,19)17-12-5-7-20-10-12/h3-5,7-8,10,16-17H,2,6,9H2,1H3. The van der Waals surface area contributed by atoms with E-state index >= 15 is 0 Å². The topological polar surface area (TPSA) is 58.2 Å². The number of hydrogen-bond donors (Lipinski definition) is 2. The molecule has 0 spiro atoms. The minimum Gasteiger partial charge on any atom is -0.313 e. The number of rotatable bonds is 7. The molecule has 114 valence electrons. The average Bonchev–Trinajstić information content (AvgIpc) is 2.93. The van der Waals surface area contributed by atoms with E-state index < -0.39 is 10.0 Å². The van der Waals surface area contributed by atoms with Crippen molar-refractivity contribution < 1.29 is 8.42 Å². The molecule has 0 aliphatic heterocycles. The zero-order chi connectivity index (χ0) is 15.3. The molecule has 2 rings (SSSR count). The number of halogens is 1. The molecule has 1 heterocycles. The minimum atomic E-state index is -3.58. The number of sulfonamides is 1. The van der Waals surface area contributed by atoms with Crippen molar-refractivity contribution in [2.75, 3.05) is 11.3 Å². The SMILES string of the molecule is CCCNCc1cc(S(=O)(=O)Nc2ccsc2)ccc1Cl. The van der Waals surface area contributed by atoms with Crippen LogP contribution in [0, 0.1) is 0 Å². The average molecular weight is 345 g/mol. The van der Waals surface area contributed by atoms with Crippen LogP contribution in [0.25, 0.3) is 0 Å². The lowest BCUT2D eigenvalue weighted by molar-refractivity contribution is 0.601. The van der Waals surface area contributed by atoms with Crippen LogP contribution >= 0.6 is 22.9 Å². The Morgan fingerprint density at radius 1 is 1.29 bits per heavy atom. The fourth-order valence-corrected chi connectivity index (χ4v) is 3.74. The Morgan fingerprint density at radius 3 is 2.76 bits per heavy atom. The third-order valence-corrected chi connectivity index (χ3v) is 5.27. The Balaban J connectivity index is 2.20. The highest BCUT2D eigenvalue weighted by Gasteiger charge is 2.16. The monoisotopic (exact) mass is 344 g/mol. The normalized spacial score (nSPS) is 11.5. The fourth-order valence-electron chi connectivity index (χ4n) is 1.79. The van der Waals surface area contributed by atoms with E-state index in [0.717, 1.165) is 18.5 Å². The summed E-state index contributed by atoms with van der Waals surface area (Å²) < 4.78 is 27.2. The predicted octanol–water partition coefficient (Wildman–Crippen LogP) is 3.70. The van der Waals surface area contributed by atoms with Crippen LogP contribution in [0.2, 0.25) is 5.02 Å². The molecule has 2 N–H and O–H groups in total. The van der Waals surface area contributed by atoms with Crippen LogP contribution in [0.1, 0.15) is 18.9 Å². The van der Waals surface area contributed by atoms with Crippen molar-refractivity contribution in [2.45, 2.75) is 24.8 Å². The van der Waals surface area contributed by atoms with Gasteiger partial charge in [0.15, 0.2) is 0 Å². The van der Waals surface area contributed by atoms with Gasteiger partial charge < -0.3 is 5.32 Å². The molecule has 4 nitrogen and oxygen atoms in total. The molecule has 0 atom stereocenters. The molecule has 7 heteroatoms. The van der Waals surface area contributed by atoms with Gasteiger partial charge in [0.05, 0.1) is 10.6 Å². The van der Waals surface area contributed by atoms with Gasteiger partial charge in [-0.3, -0.25) is 4.72 Å². The van der Waals surface area contributed by atoms with Crippen molar-refractivity contribution in [3.05, 3.63) is 45.6 Å². The smallest absolute Gasteiger partial charge is 0.261 e. The zero-order valence-corrected chi connectivity index (χ0v) is 14.0. The first kappa shape index (κ1) is 16.3. The van der Waals surface area contributed by atoms with Crippen LogP contribution in [-0.2, 0) is 16.6 Å². The van der Waals surface area contributed by atoms with Crippen LogP contribution in [-0.4, -0.2) is 15.0 Å². The molecule has 0 fully saturated rings. The second kappa shape index (κ2) is 7.26. The third kappa shape index (κ3) is 4.44. The van der Waals surface area contributed by atoms with Crippen molar-refractivity contribution in [1.82, 2.24) is 5.32 Å². The molecular formula is C14H17ClN2O2S2. The van der Waals surface area contributed by atoms with Gasteiger partial charge >= 0.3 is 0 Å². The molecule has 0 aliphatic rings. The van der Waals surface area contributed by atoms with Gasteiger partial charge in [-0.05, 0) is 48.2 Å². The van der Waals surface area contributed by atoms with E-state index in [0.29, 0.717) is 17.3 Å². The number of anilines is 1.